The van der Waals surface area contributed by atoms with Crippen LogP contribution >= 0.6 is 11.6 Å². The molecule has 1 atom stereocenters. The maximum atomic E-state index is 12.5. The number of halogens is 1. The predicted molar refractivity (Wildman–Crippen MR) is 89.5 cm³/mol. The molecule has 1 amide bonds. The SMILES string of the molecule is CC(C)[C@H](NC(=O)c1cccc(Cl)c1)c1nnc2ccccn12. The zero-order valence-corrected chi connectivity index (χ0v) is 13.7. The van der Waals surface area contributed by atoms with Gasteiger partial charge in [0.2, 0.25) is 0 Å². The maximum absolute atomic E-state index is 12.5. The molecule has 2 heterocycles. The number of carbonyl (C=O) groups is 1. The number of fused-ring (bicyclic) bond motifs is 1. The van der Waals surface area contributed by atoms with Crippen molar-refractivity contribution in [2.45, 2.75) is 19.9 Å². The van der Waals surface area contributed by atoms with Gasteiger partial charge in [-0.15, -0.1) is 10.2 Å². The van der Waals surface area contributed by atoms with Crippen molar-refractivity contribution in [3.05, 3.63) is 65.1 Å². The van der Waals surface area contributed by atoms with Crippen LogP contribution in [0.4, 0.5) is 0 Å². The van der Waals surface area contributed by atoms with E-state index in [1.807, 2.05) is 42.6 Å². The Morgan fingerprint density at radius 2 is 2.00 bits per heavy atom. The van der Waals surface area contributed by atoms with E-state index in [2.05, 4.69) is 15.5 Å². The number of nitrogens with one attached hydrogen (secondary N) is 1. The highest BCUT2D eigenvalue weighted by molar-refractivity contribution is 6.30. The van der Waals surface area contributed by atoms with Crippen molar-refractivity contribution >= 4 is 23.2 Å². The highest BCUT2D eigenvalue weighted by Crippen LogP contribution is 2.22. The van der Waals surface area contributed by atoms with Gasteiger partial charge < -0.3 is 5.32 Å². The van der Waals surface area contributed by atoms with Crippen LogP contribution in [0.1, 0.15) is 36.1 Å². The average Bonchev–Trinajstić information content (AvgIpc) is 2.96. The van der Waals surface area contributed by atoms with Gasteiger partial charge in [-0.3, -0.25) is 9.20 Å². The van der Waals surface area contributed by atoms with E-state index >= 15 is 0 Å². The van der Waals surface area contributed by atoms with Gasteiger partial charge in [0.25, 0.3) is 5.91 Å². The van der Waals surface area contributed by atoms with E-state index in [1.165, 1.54) is 0 Å². The van der Waals surface area contributed by atoms with Crippen LogP contribution in [-0.4, -0.2) is 20.5 Å². The topological polar surface area (TPSA) is 59.3 Å². The minimum Gasteiger partial charge on any atom is -0.342 e. The van der Waals surface area contributed by atoms with E-state index in [0.29, 0.717) is 16.4 Å². The van der Waals surface area contributed by atoms with E-state index in [-0.39, 0.29) is 17.9 Å². The van der Waals surface area contributed by atoms with Crippen molar-refractivity contribution in [1.29, 1.82) is 0 Å². The van der Waals surface area contributed by atoms with Gasteiger partial charge in [0.05, 0.1) is 6.04 Å². The van der Waals surface area contributed by atoms with E-state index in [0.717, 1.165) is 5.65 Å². The zero-order chi connectivity index (χ0) is 16.4. The van der Waals surface area contributed by atoms with Gasteiger partial charge in [-0.05, 0) is 36.2 Å². The van der Waals surface area contributed by atoms with Crippen molar-refractivity contribution in [3.8, 4) is 0 Å². The third kappa shape index (κ3) is 3.19. The quantitative estimate of drug-likeness (QED) is 0.797. The molecule has 0 fully saturated rings. The van der Waals surface area contributed by atoms with Crippen LogP contribution in [0.15, 0.2) is 48.7 Å². The largest absolute Gasteiger partial charge is 0.342 e. The highest BCUT2D eigenvalue weighted by Gasteiger charge is 2.24. The Morgan fingerprint density at radius 1 is 1.17 bits per heavy atom. The molecule has 0 aliphatic rings. The van der Waals surface area contributed by atoms with E-state index in [9.17, 15) is 4.79 Å². The number of amides is 1. The summed E-state index contributed by atoms with van der Waals surface area (Å²) >= 11 is 5.96. The Labute approximate surface area is 139 Å². The Bertz CT molecular complexity index is 843. The average molecular weight is 329 g/mol. The van der Waals surface area contributed by atoms with Crippen LogP contribution in [0.5, 0.6) is 0 Å². The Hall–Kier alpha value is -2.40. The van der Waals surface area contributed by atoms with Gasteiger partial charge >= 0.3 is 0 Å². The van der Waals surface area contributed by atoms with Gasteiger partial charge in [0.1, 0.15) is 0 Å². The van der Waals surface area contributed by atoms with Crippen LogP contribution in [-0.2, 0) is 0 Å². The summed E-state index contributed by atoms with van der Waals surface area (Å²) in [6.07, 6.45) is 1.89. The summed E-state index contributed by atoms with van der Waals surface area (Å²) in [6.45, 7) is 4.07. The first kappa shape index (κ1) is 15.5. The van der Waals surface area contributed by atoms with Crippen LogP contribution in [0, 0.1) is 5.92 Å². The summed E-state index contributed by atoms with van der Waals surface area (Å²) in [5, 5.41) is 12.0. The number of pyridine rings is 1. The summed E-state index contributed by atoms with van der Waals surface area (Å²) in [4.78, 5) is 12.5. The molecule has 118 valence electrons. The lowest BCUT2D eigenvalue weighted by Crippen LogP contribution is -2.33. The van der Waals surface area contributed by atoms with Crippen molar-refractivity contribution in [2.24, 2.45) is 5.92 Å². The maximum Gasteiger partial charge on any atom is 0.251 e. The van der Waals surface area contributed by atoms with Crippen molar-refractivity contribution in [3.63, 3.8) is 0 Å². The highest BCUT2D eigenvalue weighted by atomic mass is 35.5. The second-order valence-corrected chi connectivity index (χ2v) is 6.13. The Morgan fingerprint density at radius 3 is 2.74 bits per heavy atom. The number of nitrogens with zero attached hydrogens (tertiary/aromatic N) is 3. The number of benzene rings is 1. The molecular formula is C17H17ClN4O. The van der Waals surface area contributed by atoms with Gasteiger partial charge in [-0.1, -0.05) is 37.6 Å². The van der Waals surface area contributed by atoms with E-state index in [1.54, 1.807) is 24.3 Å². The number of rotatable bonds is 4. The zero-order valence-electron chi connectivity index (χ0n) is 12.9. The van der Waals surface area contributed by atoms with Crippen molar-refractivity contribution in [2.75, 3.05) is 0 Å². The lowest BCUT2D eigenvalue weighted by Gasteiger charge is -2.21. The fourth-order valence-corrected chi connectivity index (χ4v) is 2.65. The smallest absolute Gasteiger partial charge is 0.251 e. The molecule has 0 aliphatic heterocycles. The van der Waals surface area contributed by atoms with Gasteiger partial charge in [0.15, 0.2) is 11.5 Å². The van der Waals surface area contributed by atoms with E-state index < -0.39 is 0 Å². The minimum atomic E-state index is -0.251. The molecule has 0 radical (unpaired) electrons. The molecule has 0 bridgehead atoms. The van der Waals surface area contributed by atoms with Gasteiger partial charge in [0, 0.05) is 16.8 Å². The lowest BCUT2D eigenvalue weighted by molar-refractivity contribution is 0.0923. The van der Waals surface area contributed by atoms with Crippen molar-refractivity contribution in [1.82, 2.24) is 19.9 Å². The molecule has 1 aromatic carbocycles. The summed E-state index contributed by atoms with van der Waals surface area (Å²) in [6, 6.07) is 12.3. The first-order chi connectivity index (χ1) is 11.1. The number of aromatic nitrogens is 3. The Balaban J connectivity index is 1.92. The number of hydrogen-bond donors (Lipinski definition) is 1. The molecule has 0 saturated heterocycles. The monoisotopic (exact) mass is 328 g/mol. The second kappa shape index (κ2) is 6.38. The Kier molecular flexibility index (Phi) is 4.30. The molecular weight excluding hydrogens is 312 g/mol. The van der Waals surface area contributed by atoms with Crippen LogP contribution in [0.2, 0.25) is 5.02 Å². The molecule has 0 aliphatic carbocycles. The number of carbonyl (C=O) groups excluding carboxylic acids is 1. The molecule has 1 N–H and O–H groups in total. The molecule has 2 aromatic heterocycles. The summed E-state index contributed by atoms with van der Waals surface area (Å²) in [5.74, 6) is 0.690. The predicted octanol–water partition coefficient (Wildman–Crippen LogP) is 3.51. The molecule has 0 saturated carbocycles. The van der Waals surface area contributed by atoms with Crippen LogP contribution in [0.25, 0.3) is 5.65 Å². The summed E-state index contributed by atoms with van der Waals surface area (Å²) < 4.78 is 1.89. The molecule has 3 aromatic rings. The summed E-state index contributed by atoms with van der Waals surface area (Å²) in [7, 11) is 0. The standard InChI is InChI=1S/C17H17ClN4O/c1-11(2)15(16-21-20-14-8-3-4-9-22(14)16)19-17(23)12-6-5-7-13(18)10-12/h3-11,15H,1-2H3,(H,19,23)/t15-/m0/s1. The number of hydrogen-bond acceptors (Lipinski definition) is 3. The third-order valence-corrected chi connectivity index (χ3v) is 3.89. The molecule has 3 rings (SSSR count). The van der Waals surface area contributed by atoms with Crippen molar-refractivity contribution < 1.29 is 4.79 Å². The van der Waals surface area contributed by atoms with Gasteiger partial charge in [-0.25, -0.2) is 0 Å². The summed E-state index contributed by atoms with van der Waals surface area (Å²) in [5.41, 5.74) is 1.28. The third-order valence-electron chi connectivity index (χ3n) is 3.66. The fraction of sp³-hybridized carbons (Fsp3) is 0.235. The minimum absolute atomic E-state index is 0.158. The normalized spacial score (nSPS) is 12.5. The first-order valence-electron chi connectivity index (χ1n) is 7.42. The van der Waals surface area contributed by atoms with E-state index in [4.69, 9.17) is 11.6 Å². The van der Waals surface area contributed by atoms with Crippen LogP contribution < -0.4 is 5.32 Å². The molecule has 0 spiro atoms. The fourth-order valence-electron chi connectivity index (χ4n) is 2.46. The molecule has 23 heavy (non-hydrogen) atoms. The van der Waals surface area contributed by atoms with Crippen LogP contribution in [0.3, 0.4) is 0 Å². The second-order valence-electron chi connectivity index (χ2n) is 5.69. The lowest BCUT2D eigenvalue weighted by atomic mass is 10.0. The molecule has 0 unspecified atom stereocenters. The molecule has 6 heteroatoms. The molecule has 5 nitrogen and oxygen atoms in total. The van der Waals surface area contributed by atoms with Gasteiger partial charge in [-0.2, -0.15) is 0 Å². The first-order valence-corrected chi connectivity index (χ1v) is 7.80.